The van der Waals surface area contributed by atoms with Crippen molar-refractivity contribution in [3.05, 3.63) is 17.7 Å². The van der Waals surface area contributed by atoms with Crippen LogP contribution in [0.2, 0.25) is 0 Å². The van der Waals surface area contributed by atoms with Crippen LogP contribution in [0.15, 0.2) is 6.20 Å². The fourth-order valence-corrected chi connectivity index (χ4v) is 2.32. The number of piperazine rings is 1. The van der Waals surface area contributed by atoms with Crippen molar-refractivity contribution in [2.24, 2.45) is 7.05 Å². The minimum absolute atomic E-state index is 0.593. The van der Waals surface area contributed by atoms with Crippen molar-refractivity contribution < 1.29 is 9.90 Å². The average molecular weight is 252 g/mol. The highest BCUT2D eigenvalue weighted by atomic mass is 16.4. The molecular formula is C12H20N4O2. The highest BCUT2D eigenvalue weighted by molar-refractivity contribution is 5.75. The number of likely N-dealkylation sites (N-methyl/N-ethyl adjacent to an activating group) is 1. The third kappa shape index (κ3) is 2.39. The monoisotopic (exact) mass is 252 g/mol. The Morgan fingerprint density at radius 1 is 1.33 bits per heavy atom. The van der Waals surface area contributed by atoms with Gasteiger partial charge in [0.25, 0.3) is 0 Å². The van der Waals surface area contributed by atoms with Crippen molar-refractivity contribution in [3.63, 3.8) is 0 Å². The molecule has 1 saturated heterocycles. The van der Waals surface area contributed by atoms with Crippen molar-refractivity contribution in [1.82, 2.24) is 19.4 Å². The molecule has 18 heavy (non-hydrogen) atoms. The minimum Gasteiger partial charge on any atom is -0.480 e. The highest BCUT2D eigenvalue weighted by Crippen LogP contribution is 2.22. The molecule has 1 aromatic rings. The van der Waals surface area contributed by atoms with Gasteiger partial charge in [0, 0.05) is 33.2 Å². The van der Waals surface area contributed by atoms with Crippen LogP contribution in [-0.2, 0) is 11.8 Å². The van der Waals surface area contributed by atoms with Crippen molar-refractivity contribution in [2.75, 3.05) is 33.2 Å². The quantitative estimate of drug-likeness (QED) is 0.827. The molecule has 0 aromatic carbocycles. The first-order valence-electron chi connectivity index (χ1n) is 6.14. The van der Waals surface area contributed by atoms with Crippen molar-refractivity contribution in [1.29, 1.82) is 0 Å². The van der Waals surface area contributed by atoms with Crippen LogP contribution in [-0.4, -0.2) is 63.7 Å². The Hall–Kier alpha value is -1.40. The molecule has 0 amide bonds. The van der Waals surface area contributed by atoms with Gasteiger partial charge in [0.05, 0.1) is 11.9 Å². The lowest BCUT2D eigenvalue weighted by molar-refractivity contribution is -0.144. The molecule has 0 bridgehead atoms. The zero-order valence-corrected chi connectivity index (χ0v) is 11.1. The summed E-state index contributed by atoms with van der Waals surface area (Å²) < 4.78 is 1.86. The van der Waals surface area contributed by atoms with Gasteiger partial charge in [-0.3, -0.25) is 9.69 Å². The number of aromatic nitrogens is 2. The average Bonchev–Trinajstić information content (AvgIpc) is 2.64. The Labute approximate surface area is 107 Å². The van der Waals surface area contributed by atoms with E-state index >= 15 is 0 Å². The molecule has 1 fully saturated rings. The summed E-state index contributed by atoms with van der Waals surface area (Å²) in [7, 11) is 3.92. The maximum Gasteiger partial charge on any atom is 0.327 e. The van der Waals surface area contributed by atoms with Crippen LogP contribution < -0.4 is 0 Å². The number of carbonyl (C=O) groups is 1. The number of aliphatic carboxylic acids is 1. The maximum absolute atomic E-state index is 11.5. The van der Waals surface area contributed by atoms with E-state index in [4.69, 9.17) is 0 Å². The fraction of sp³-hybridized carbons (Fsp3) is 0.667. The number of carboxylic acids is 1. The van der Waals surface area contributed by atoms with E-state index in [9.17, 15) is 9.90 Å². The zero-order valence-electron chi connectivity index (χ0n) is 11.1. The van der Waals surface area contributed by atoms with E-state index in [0.717, 1.165) is 37.7 Å². The SMILES string of the molecule is Cc1ncc(C(C(=O)O)N2CCN(C)CC2)n1C. The number of nitrogens with zero attached hydrogens (tertiary/aromatic N) is 4. The Kier molecular flexibility index (Phi) is 3.68. The first-order valence-corrected chi connectivity index (χ1v) is 6.14. The van der Waals surface area contributed by atoms with Crippen LogP contribution in [0.3, 0.4) is 0 Å². The smallest absolute Gasteiger partial charge is 0.327 e. The molecule has 2 rings (SSSR count). The van der Waals surface area contributed by atoms with Gasteiger partial charge in [0.15, 0.2) is 6.04 Å². The standard InChI is InChI=1S/C12H20N4O2/c1-9-13-8-10(15(9)3)11(12(17)18)16-6-4-14(2)5-7-16/h8,11H,4-7H2,1-3H3,(H,17,18). The summed E-state index contributed by atoms with van der Waals surface area (Å²) in [6.45, 7) is 5.24. The number of hydrogen-bond donors (Lipinski definition) is 1. The molecule has 2 heterocycles. The van der Waals surface area contributed by atoms with Gasteiger partial charge in [-0.05, 0) is 14.0 Å². The third-order valence-corrected chi connectivity index (χ3v) is 3.67. The maximum atomic E-state index is 11.5. The molecule has 0 spiro atoms. The van der Waals surface area contributed by atoms with Gasteiger partial charge < -0.3 is 14.6 Å². The number of carboxylic acid groups (broad SMARTS) is 1. The van der Waals surface area contributed by atoms with E-state index in [1.165, 1.54) is 0 Å². The normalized spacial score (nSPS) is 19.9. The van der Waals surface area contributed by atoms with E-state index in [1.807, 2.05) is 23.4 Å². The molecule has 1 aliphatic rings. The molecule has 0 radical (unpaired) electrons. The number of imidazole rings is 1. The van der Waals surface area contributed by atoms with Gasteiger partial charge in [0.1, 0.15) is 5.82 Å². The summed E-state index contributed by atoms with van der Waals surface area (Å²) in [5.41, 5.74) is 0.754. The van der Waals surface area contributed by atoms with Crippen molar-refractivity contribution >= 4 is 5.97 Å². The minimum atomic E-state index is -0.803. The summed E-state index contributed by atoms with van der Waals surface area (Å²) in [5, 5.41) is 9.48. The van der Waals surface area contributed by atoms with E-state index in [1.54, 1.807) is 6.20 Å². The lowest BCUT2D eigenvalue weighted by Crippen LogP contribution is -2.48. The molecule has 1 atom stereocenters. The summed E-state index contributed by atoms with van der Waals surface area (Å²) in [5.74, 6) is 0.0351. The van der Waals surface area contributed by atoms with Gasteiger partial charge in [-0.1, -0.05) is 0 Å². The Morgan fingerprint density at radius 2 is 1.94 bits per heavy atom. The predicted octanol–water partition coefficient (Wildman–Crippen LogP) is 0.102. The lowest BCUT2D eigenvalue weighted by Gasteiger charge is -2.36. The molecule has 100 valence electrons. The van der Waals surface area contributed by atoms with Crippen molar-refractivity contribution in [3.8, 4) is 0 Å². The third-order valence-electron chi connectivity index (χ3n) is 3.67. The Morgan fingerprint density at radius 3 is 2.39 bits per heavy atom. The second-order valence-corrected chi connectivity index (χ2v) is 4.87. The summed E-state index contributed by atoms with van der Waals surface area (Å²) in [4.78, 5) is 20.0. The second-order valence-electron chi connectivity index (χ2n) is 4.87. The highest BCUT2D eigenvalue weighted by Gasteiger charge is 2.31. The second kappa shape index (κ2) is 5.07. The van der Waals surface area contributed by atoms with E-state index < -0.39 is 12.0 Å². The first kappa shape index (κ1) is 13.0. The van der Waals surface area contributed by atoms with Crippen molar-refractivity contribution in [2.45, 2.75) is 13.0 Å². The number of rotatable bonds is 3. The molecular weight excluding hydrogens is 232 g/mol. The fourth-order valence-electron chi connectivity index (χ4n) is 2.32. The van der Waals surface area contributed by atoms with Crippen LogP contribution in [0, 0.1) is 6.92 Å². The predicted molar refractivity (Wildman–Crippen MR) is 67.4 cm³/mol. The lowest BCUT2D eigenvalue weighted by atomic mass is 10.1. The van der Waals surface area contributed by atoms with E-state index in [2.05, 4.69) is 16.9 Å². The molecule has 6 heteroatoms. The van der Waals surface area contributed by atoms with E-state index in [-0.39, 0.29) is 0 Å². The molecule has 1 aromatic heterocycles. The Balaban J connectivity index is 2.24. The van der Waals surface area contributed by atoms with E-state index in [0.29, 0.717) is 0 Å². The van der Waals surface area contributed by atoms with Gasteiger partial charge in [-0.2, -0.15) is 0 Å². The topological polar surface area (TPSA) is 61.6 Å². The molecule has 1 N–H and O–H groups in total. The van der Waals surface area contributed by atoms with Crippen LogP contribution >= 0.6 is 0 Å². The van der Waals surface area contributed by atoms with Crippen LogP contribution in [0.5, 0.6) is 0 Å². The van der Waals surface area contributed by atoms with Crippen LogP contribution in [0.1, 0.15) is 17.6 Å². The molecule has 6 nitrogen and oxygen atoms in total. The number of hydrogen-bond acceptors (Lipinski definition) is 4. The zero-order chi connectivity index (χ0) is 13.3. The summed E-state index contributed by atoms with van der Waals surface area (Å²) in [6.07, 6.45) is 1.67. The summed E-state index contributed by atoms with van der Waals surface area (Å²) in [6, 6.07) is -0.593. The van der Waals surface area contributed by atoms with Crippen LogP contribution in [0.4, 0.5) is 0 Å². The van der Waals surface area contributed by atoms with Gasteiger partial charge in [-0.15, -0.1) is 0 Å². The number of aryl methyl sites for hydroxylation is 1. The van der Waals surface area contributed by atoms with Crippen LogP contribution in [0.25, 0.3) is 0 Å². The van der Waals surface area contributed by atoms with Gasteiger partial charge in [0.2, 0.25) is 0 Å². The molecule has 1 aliphatic heterocycles. The first-order chi connectivity index (χ1) is 8.50. The Bertz CT molecular complexity index is 435. The molecule has 0 aliphatic carbocycles. The largest absolute Gasteiger partial charge is 0.480 e. The molecule has 1 unspecified atom stereocenters. The van der Waals surface area contributed by atoms with Gasteiger partial charge in [-0.25, -0.2) is 4.98 Å². The summed E-state index contributed by atoms with van der Waals surface area (Å²) >= 11 is 0. The molecule has 0 saturated carbocycles. The van der Waals surface area contributed by atoms with Gasteiger partial charge >= 0.3 is 5.97 Å².